The van der Waals surface area contributed by atoms with Gasteiger partial charge in [-0.25, -0.2) is 0 Å². The molecule has 0 bridgehead atoms. The lowest BCUT2D eigenvalue weighted by Crippen LogP contribution is -2.43. The molecule has 0 amide bonds. The number of unbranched alkanes of at least 4 members (excludes halogenated alkanes) is 1. The lowest BCUT2D eigenvalue weighted by molar-refractivity contribution is 0.0977. The maximum absolute atomic E-state index is 5.67. The van der Waals surface area contributed by atoms with Gasteiger partial charge in [0.2, 0.25) is 0 Å². The van der Waals surface area contributed by atoms with Gasteiger partial charge in [-0.05, 0) is 12.8 Å². The first-order valence-corrected chi connectivity index (χ1v) is 6.92. The molecule has 3 nitrogen and oxygen atoms in total. The van der Waals surface area contributed by atoms with Crippen LogP contribution in [0, 0.1) is 0 Å². The molecular formula is C9H22O3Si. The zero-order chi connectivity index (χ0) is 10.2. The first kappa shape index (κ1) is 13.1. The lowest BCUT2D eigenvalue weighted by Gasteiger charge is -2.25. The monoisotopic (exact) mass is 206 g/mol. The molecule has 0 radical (unpaired) electrons. The molecule has 80 valence electrons. The van der Waals surface area contributed by atoms with Gasteiger partial charge in [0.1, 0.15) is 0 Å². The summed E-state index contributed by atoms with van der Waals surface area (Å²) in [5.74, 6) is 0. The fourth-order valence-electron chi connectivity index (χ4n) is 1.13. The van der Waals surface area contributed by atoms with Crippen molar-refractivity contribution < 1.29 is 13.3 Å². The van der Waals surface area contributed by atoms with Crippen molar-refractivity contribution in [3.05, 3.63) is 0 Å². The molecule has 0 aromatic rings. The lowest BCUT2D eigenvalue weighted by atomic mass is 10.4. The van der Waals surface area contributed by atoms with E-state index in [-0.39, 0.29) is 0 Å². The van der Waals surface area contributed by atoms with Crippen LogP contribution in [0.5, 0.6) is 0 Å². The number of hydrogen-bond donors (Lipinski definition) is 0. The molecule has 0 unspecified atom stereocenters. The van der Waals surface area contributed by atoms with Crippen molar-refractivity contribution in [2.75, 3.05) is 20.8 Å². The highest BCUT2D eigenvalue weighted by atomic mass is 28.4. The molecule has 13 heavy (non-hydrogen) atoms. The first-order chi connectivity index (χ1) is 6.24. The Labute approximate surface area is 82.8 Å². The second-order valence-electron chi connectivity index (χ2n) is 3.04. The van der Waals surface area contributed by atoms with Gasteiger partial charge in [0, 0.05) is 26.9 Å². The zero-order valence-electron chi connectivity index (χ0n) is 9.26. The quantitative estimate of drug-likeness (QED) is 0.571. The van der Waals surface area contributed by atoms with Crippen LogP contribution in [0.2, 0.25) is 6.04 Å². The van der Waals surface area contributed by atoms with Gasteiger partial charge in [-0.2, -0.15) is 0 Å². The third kappa shape index (κ3) is 4.76. The van der Waals surface area contributed by atoms with Crippen LogP contribution in [0.1, 0.15) is 33.1 Å². The van der Waals surface area contributed by atoms with Crippen LogP contribution in [0.25, 0.3) is 0 Å². The SMILES string of the molecule is CCCC[Si](OC)(OC)OCCC. The van der Waals surface area contributed by atoms with Gasteiger partial charge < -0.3 is 13.3 Å². The Morgan fingerprint density at radius 1 is 1.00 bits per heavy atom. The van der Waals surface area contributed by atoms with Crippen LogP contribution in [0.3, 0.4) is 0 Å². The molecule has 0 N–H and O–H groups in total. The first-order valence-electron chi connectivity index (χ1n) is 4.99. The van der Waals surface area contributed by atoms with Gasteiger partial charge in [-0.1, -0.05) is 20.3 Å². The standard InChI is InChI=1S/C9H22O3Si/c1-5-7-9-13(10-3,11-4)12-8-6-2/h5-9H2,1-4H3. The molecule has 4 heteroatoms. The Balaban J connectivity index is 3.97. The highest BCUT2D eigenvalue weighted by molar-refractivity contribution is 6.60. The van der Waals surface area contributed by atoms with Crippen molar-refractivity contribution in [1.82, 2.24) is 0 Å². The van der Waals surface area contributed by atoms with Crippen LogP contribution in [0.4, 0.5) is 0 Å². The summed E-state index contributed by atoms with van der Waals surface area (Å²) in [5, 5.41) is 0. The van der Waals surface area contributed by atoms with Crippen molar-refractivity contribution >= 4 is 8.80 Å². The summed E-state index contributed by atoms with van der Waals surface area (Å²) in [6.07, 6.45) is 3.27. The number of rotatable bonds is 8. The molecule has 0 saturated heterocycles. The third-order valence-electron chi connectivity index (χ3n) is 1.98. The predicted molar refractivity (Wildman–Crippen MR) is 55.7 cm³/mol. The Hall–Kier alpha value is 0.0969. The van der Waals surface area contributed by atoms with E-state index in [0.29, 0.717) is 0 Å². The van der Waals surface area contributed by atoms with Gasteiger partial charge in [0.05, 0.1) is 0 Å². The largest absolute Gasteiger partial charge is 0.500 e. The van der Waals surface area contributed by atoms with E-state index in [0.717, 1.165) is 31.9 Å². The van der Waals surface area contributed by atoms with Crippen molar-refractivity contribution in [3.63, 3.8) is 0 Å². The summed E-state index contributed by atoms with van der Waals surface area (Å²) in [7, 11) is 1.08. The van der Waals surface area contributed by atoms with Crippen molar-refractivity contribution in [3.8, 4) is 0 Å². The molecule has 0 atom stereocenters. The molecule has 0 fully saturated rings. The molecule has 0 heterocycles. The summed E-state index contributed by atoms with van der Waals surface area (Å²) < 4.78 is 16.4. The highest BCUT2D eigenvalue weighted by Crippen LogP contribution is 2.17. The van der Waals surface area contributed by atoms with Crippen molar-refractivity contribution in [2.45, 2.75) is 39.2 Å². The molecule has 0 aliphatic rings. The Kier molecular flexibility index (Phi) is 7.55. The maximum Gasteiger partial charge on any atom is 0.500 e. The molecule has 0 saturated carbocycles. The summed E-state index contributed by atoms with van der Waals surface area (Å²) in [6, 6.07) is 0.927. The number of hydrogen-bond acceptors (Lipinski definition) is 3. The zero-order valence-corrected chi connectivity index (χ0v) is 10.3. The van der Waals surface area contributed by atoms with E-state index in [1.165, 1.54) is 0 Å². The van der Waals surface area contributed by atoms with E-state index < -0.39 is 8.80 Å². The Morgan fingerprint density at radius 2 is 1.62 bits per heavy atom. The van der Waals surface area contributed by atoms with E-state index >= 15 is 0 Å². The minimum atomic E-state index is -2.29. The van der Waals surface area contributed by atoms with E-state index in [9.17, 15) is 0 Å². The third-order valence-corrected chi connectivity index (χ3v) is 4.84. The van der Waals surface area contributed by atoms with Gasteiger partial charge in [0.25, 0.3) is 0 Å². The van der Waals surface area contributed by atoms with Gasteiger partial charge >= 0.3 is 8.80 Å². The fourth-order valence-corrected chi connectivity index (χ4v) is 3.38. The fraction of sp³-hybridized carbons (Fsp3) is 1.00. The molecule has 0 aromatic carbocycles. The molecule has 0 rings (SSSR count). The van der Waals surface area contributed by atoms with E-state index in [2.05, 4.69) is 13.8 Å². The second-order valence-corrected chi connectivity index (χ2v) is 6.01. The highest BCUT2D eigenvalue weighted by Gasteiger charge is 2.37. The Bertz CT molecular complexity index is 105. The molecule has 0 aromatic heterocycles. The summed E-state index contributed by atoms with van der Waals surface area (Å²) in [4.78, 5) is 0. The molecular weight excluding hydrogens is 184 g/mol. The topological polar surface area (TPSA) is 27.7 Å². The molecule has 0 spiro atoms. The van der Waals surface area contributed by atoms with Crippen molar-refractivity contribution in [2.24, 2.45) is 0 Å². The summed E-state index contributed by atoms with van der Waals surface area (Å²) in [6.45, 7) is 4.98. The average molecular weight is 206 g/mol. The second kappa shape index (κ2) is 7.50. The van der Waals surface area contributed by atoms with E-state index in [4.69, 9.17) is 13.3 Å². The summed E-state index contributed by atoms with van der Waals surface area (Å²) in [5.41, 5.74) is 0. The smallest absolute Gasteiger partial charge is 0.377 e. The van der Waals surface area contributed by atoms with Crippen LogP contribution < -0.4 is 0 Å². The van der Waals surface area contributed by atoms with Crippen LogP contribution in [-0.2, 0) is 13.3 Å². The van der Waals surface area contributed by atoms with Crippen LogP contribution >= 0.6 is 0 Å². The predicted octanol–water partition coefficient (Wildman–Crippen LogP) is 2.44. The van der Waals surface area contributed by atoms with E-state index in [1.54, 1.807) is 14.2 Å². The molecule has 0 aliphatic carbocycles. The minimum Gasteiger partial charge on any atom is -0.377 e. The Morgan fingerprint density at radius 3 is 2.00 bits per heavy atom. The van der Waals surface area contributed by atoms with Crippen LogP contribution in [0.15, 0.2) is 0 Å². The minimum absolute atomic E-state index is 0.734. The van der Waals surface area contributed by atoms with E-state index in [1.807, 2.05) is 0 Å². The van der Waals surface area contributed by atoms with Crippen LogP contribution in [-0.4, -0.2) is 29.6 Å². The van der Waals surface area contributed by atoms with Crippen molar-refractivity contribution in [1.29, 1.82) is 0 Å². The summed E-state index contributed by atoms with van der Waals surface area (Å²) >= 11 is 0. The van der Waals surface area contributed by atoms with Gasteiger partial charge in [0.15, 0.2) is 0 Å². The molecule has 0 aliphatic heterocycles. The average Bonchev–Trinajstić information content (AvgIpc) is 2.20. The maximum atomic E-state index is 5.67. The normalized spacial score (nSPS) is 12.0. The van der Waals surface area contributed by atoms with Gasteiger partial charge in [-0.3, -0.25) is 0 Å². The van der Waals surface area contributed by atoms with Gasteiger partial charge in [-0.15, -0.1) is 0 Å².